The lowest BCUT2D eigenvalue weighted by molar-refractivity contribution is -0.148. The summed E-state index contributed by atoms with van der Waals surface area (Å²) in [6.45, 7) is 6.44. The molecule has 0 radical (unpaired) electrons. The van der Waals surface area contributed by atoms with Gasteiger partial charge in [-0.25, -0.2) is 0 Å². The van der Waals surface area contributed by atoms with E-state index >= 15 is 0 Å². The van der Waals surface area contributed by atoms with Gasteiger partial charge in [-0.05, 0) is 72.0 Å². The molecule has 0 bridgehead atoms. The van der Waals surface area contributed by atoms with Gasteiger partial charge in [-0.2, -0.15) is 0 Å². The molecular weight excluding hydrogens is 476 g/mol. The molecule has 0 amide bonds. The minimum absolute atomic E-state index is 0.0838. The molecule has 1 atom stereocenters. The average molecular weight is 507 g/mol. The van der Waals surface area contributed by atoms with Crippen molar-refractivity contribution in [2.45, 2.75) is 45.8 Å². The summed E-state index contributed by atoms with van der Waals surface area (Å²) in [5.41, 5.74) is 6.61. The van der Waals surface area contributed by atoms with E-state index in [1.165, 1.54) is 21.9 Å². The number of aryl methyl sites for hydroxylation is 3. The number of hydrogen-bond donors (Lipinski definition) is 1. The van der Waals surface area contributed by atoms with Gasteiger partial charge in [-0.15, -0.1) is 0 Å². The van der Waals surface area contributed by atoms with Gasteiger partial charge in [-0.1, -0.05) is 66.7 Å². The van der Waals surface area contributed by atoms with Crippen LogP contribution in [-0.2, 0) is 26.5 Å². The van der Waals surface area contributed by atoms with Crippen molar-refractivity contribution in [3.8, 4) is 5.75 Å². The fourth-order valence-corrected chi connectivity index (χ4v) is 4.98. The van der Waals surface area contributed by atoms with E-state index in [2.05, 4.69) is 63.3 Å². The summed E-state index contributed by atoms with van der Waals surface area (Å²) in [5.74, 6) is -0.683. The van der Waals surface area contributed by atoms with E-state index in [1.807, 2.05) is 42.5 Å². The van der Waals surface area contributed by atoms with E-state index in [9.17, 15) is 9.59 Å². The lowest BCUT2D eigenvalue weighted by Crippen LogP contribution is -2.34. The number of esters is 1. The van der Waals surface area contributed by atoms with Crippen molar-refractivity contribution in [2.24, 2.45) is 0 Å². The number of carboxylic acid groups (broad SMARTS) is 1. The Kier molecular flexibility index (Phi) is 6.77. The number of carboxylic acids is 1. The molecule has 1 aliphatic rings. The highest BCUT2D eigenvalue weighted by Gasteiger charge is 2.38. The zero-order chi connectivity index (χ0) is 26.9. The van der Waals surface area contributed by atoms with Gasteiger partial charge in [0.15, 0.2) is 5.60 Å². The van der Waals surface area contributed by atoms with Crippen LogP contribution in [0.15, 0.2) is 78.9 Å². The Hall–Kier alpha value is -4.38. The Balaban J connectivity index is 1.51. The van der Waals surface area contributed by atoms with Gasteiger partial charge < -0.3 is 14.6 Å². The maximum atomic E-state index is 11.8. The van der Waals surface area contributed by atoms with Crippen LogP contribution >= 0.6 is 0 Å². The first kappa shape index (κ1) is 25.3. The van der Waals surface area contributed by atoms with Crippen LogP contribution in [0.25, 0.3) is 16.8 Å². The number of carbonyl (C=O) groups excluding carboxylic acids is 1. The molecule has 38 heavy (non-hydrogen) atoms. The molecule has 0 saturated carbocycles. The number of benzene rings is 4. The van der Waals surface area contributed by atoms with Crippen molar-refractivity contribution in [3.05, 3.63) is 118 Å². The van der Waals surface area contributed by atoms with Crippen LogP contribution in [0.2, 0.25) is 0 Å². The van der Waals surface area contributed by atoms with E-state index < -0.39 is 17.5 Å². The molecule has 0 spiro atoms. The van der Waals surface area contributed by atoms with Gasteiger partial charge in [0.05, 0.1) is 12.8 Å². The Morgan fingerprint density at radius 1 is 0.842 bits per heavy atom. The highest BCUT2D eigenvalue weighted by atomic mass is 16.5. The van der Waals surface area contributed by atoms with Gasteiger partial charge in [-0.3, -0.25) is 9.59 Å². The van der Waals surface area contributed by atoms with Gasteiger partial charge in [0.2, 0.25) is 0 Å². The van der Waals surface area contributed by atoms with Crippen LogP contribution in [0.4, 0.5) is 0 Å². The van der Waals surface area contributed by atoms with E-state index in [4.69, 9.17) is 14.6 Å². The Morgan fingerprint density at radius 2 is 1.50 bits per heavy atom. The number of hydrogen-bond acceptors (Lipinski definition) is 4. The monoisotopic (exact) mass is 506 g/mol. The van der Waals surface area contributed by atoms with Gasteiger partial charge in [0.1, 0.15) is 12.4 Å². The molecule has 1 aliphatic heterocycles. The summed E-state index contributed by atoms with van der Waals surface area (Å²) in [6, 6.07) is 24.6. The van der Waals surface area contributed by atoms with Crippen LogP contribution in [0.5, 0.6) is 5.75 Å². The molecule has 1 N–H and O–H groups in total. The van der Waals surface area contributed by atoms with Crippen LogP contribution in [0.3, 0.4) is 0 Å². The van der Waals surface area contributed by atoms with E-state index in [-0.39, 0.29) is 19.4 Å². The molecule has 1 unspecified atom stereocenters. The second-order valence-electron chi connectivity index (χ2n) is 9.88. The zero-order valence-corrected chi connectivity index (χ0v) is 21.8. The molecular formula is C33H30O5. The highest BCUT2D eigenvalue weighted by molar-refractivity contribution is 5.96. The average Bonchev–Trinajstić information content (AvgIpc) is 2.92. The molecule has 0 aromatic heterocycles. The lowest BCUT2D eigenvalue weighted by Gasteiger charge is -2.37. The molecule has 0 fully saturated rings. The normalized spacial score (nSPS) is 16.1. The van der Waals surface area contributed by atoms with Crippen molar-refractivity contribution in [3.63, 3.8) is 0 Å². The lowest BCUT2D eigenvalue weighted by atomic mass is 9.82. The number of ether oxygens (including phenoxy) is 2. The van der Waals surface area contributed by atoms with Crippen molar-refractivity contribution in [1.29, 1.82) is 0 Å². The predicted molar refractivity (Wildman–Crippen MR) is 148 cm³/mol. The molecule has 0 aliphatic carbocycles. The molecule has 5 nitrogen and oxygen atoms in total. The fourth-order valence-electron chi connectivity index (χ4n) is 4.98. The van der Waals surface area contributed by atoms with Crippen LogP contribution in [0, 0.1) is 20.8 Å². The van der Waals surface area contributed by atoms with Gasteiger partial charge in [0, 0.05) is 16.7 Å². The first-order valence-electron chi connectivity index (χ1n) is 12.7. The summed E-state index contributed by atoms with van der Waals surface area (Å²) in [4.78, 5) is 22.5. The Morgan fingerprint density at radius 3 is 2.21 bits per heavy atom. The molecule has 4 aromatic rings. The fraction of sp³-hybridized carbons (Fsp3) is 0.212. The number of carbonyl (C=O) groups is 2. The van der Waals surface area contributed by atoms with Crippen LogP contribution in [0.1, 0.15) is 51.8 Å². The van der Waals surface area contributed by atoms with Crippen LogP contribution < -0.4 is 4.74 Å². The summed E-state index contributed by atoms with van der Waals surface area (Å²) in [5, 5.41) is 11.1. The molecule has 0 saturated heterocycles. The minimum Gasteiger partial charge on any atom is -0.481 e. The smallest absolute Gasteiger partial charge is 0.306 e. The maximum Gasteiger partial charge on any atom is 0.306 e. The first-order chi connectivity index (χ1) is 18.3. The number of aliphatic carboxylic acids is 1. The van der Waals surface area contributed by atoms with Crippen molar-refractivity contribution < 1.29 is 24.2 Å². The third-order valence-electron chi connectivity index (χ3n) is 7.21. The minimum atomic E-state index is -1.02. The highest BCUT2D eigenvalue weighted by Crippen LogP contribution is 2.46. The van der Waals surface area contributed by atoms with E-state index in [0.717, 1.165) is 33.6 Å². The quantitative estimate of drug-likeness (QED) is 0.273. The van der Waals surface area contributed by atoms with Crippen molar-refractivity contribution >= 4 is 28.8 Å². The van der Waals surface area contributed by atoms with Crippen molar-refractivity contribution in [1.82, 2.24) is 0 Å². The SMILES string of the molecule is Cc1cc2cc(C)c3c(c2cc1C)C=CC(c1ccccc1)(c1ccc(COC(=O)CCC(=O)O)cc1)O3. The molecule has 5 heteroatoms. The van der Waals surface area contributed by atoms with E-state index in [1.54, 1.807) is 0 Å². The van der Waals surface area contributed by atoms with E-state index in [0.29, 0.717) is 0 Å². The molecule has 192 valence electrons. The molecule has 4 aromatic carbocycles. The van der Waals surface area contributed by atoms with Crippen LogP contribution in [-0.4, -0.2) is 17.0 Å². The molecule has 1 heterocycles. The summed E-state index contributed by atoms with van der Waals surface area (Å²) < 4.78 is 12.2. The maximum absolute atomic E-state index is 11.8. The number of rotatable bonds is 7. The van der Waals surface area contributed by atoms with Crippen molar-refractivity contribution in [2.75, 3.05) is 0 Å². The largest absolute Gasteiger partial charge is 0.481 e. The second kappa shape index (κ2) is 10.2. The first-order valence-corrected chi connectivity index (χ1v) is 12.7. The second-order valence-corrected chi connectivity index (χ2v) is 9.88. The zero-order valence-electron chi connectivity index (χ0n) is 21.8. The standard InChI is InChI=1S/C33H30O5/c1-21-17-25-18-23(3)32-28(29(25)19-22(21)2)15-16-33(38-32,26-7-5-4-6-8-26)27-11-9-24(10-12-27)20-37-31(36)14-13-30(34)35/h4-12,15-19H,13-14,20H2,1-3H3,(H,34,35). The number of fused-ring (bicyclic) bond motifs is 3. The summed E-state index contributed by atoms with van der Waals surface area (Å²) in [6.07, 6.45) is 3.92. The third kappa shape index (κ3) is 4.80. The molecule has 5 rings (SSSR count). The Bertz CT molecular complexity index is 1550. The topological polar surface area (TPSA) is 72.8 Å². The predicted octanol–water partition coefficient (Wildman–Crippen LogP) is 7.02. The third-order valence-corrected chi connectivity index (χ3v) is 7.21. The Labute approximate surface area is 222 Å². The summed E-state index contributed by atoms with van der Waals surface area (Å²) in [7, 11) is 0. The summed E-state index contributed by atoms with van der Waals surface area (Å²) >= 11 is 0. The van der Waals surface area contributed by atoms with Gasteiger partial charge in [0.25, 0.3) is 0 Å². The van der Waals surface area contributed by atoms with Gasteiger partial charge >= 0.3 is 11.9 Å².